The fourth-order valence-corrected chi connectivity index (χ4v) is 6.56. The second-order valence-electron chi connectivity index (χ2n) is 12.2. The van der Waals surface area contributed by atoms with Crippen LogP contribution in [0, 0.1) is 0 Å². The zero-order valence-electron chi connectivity index (χ0n) is 27.2. The van der Waals surface area contributed by atoms with E-state index in [4.69, 9.17) is 0 Å². The summed E-state index contributed by atoms with van der Waals surface area (Å²) in [5.41, 5.74) is 15.2. The number of rotatable bonds is 8. The van der Waals surface area contributed by atoms with Gasteiger partial charge in [-0.05, 0) is 86.5 Å². The molecule has 0 atom stereocenters. The third-order valence-electron chi connectivity index (χ3n) is 9.09. The van der Waals surface area contributed by atoms with Gasteiger partial charge in [-0.25, -0.2) is 0 Å². The Kier molecular flexibility index (Phi) is 8.39. The molecule has 1 nitrogen and oxygen atoms in total. The van der Waals surface area contributed by atoms with Crippen molar-refractivity contribution in [1.29, 1.82) is 0 Å². The van der Waals surface area contributed by atoms with Gasteiger partial charge in [0.05, 0.1) is 5.69 Å². The largest absolute Gasteiger partial charge is 0.310 e. The lowest BCUT2D eigenvalue weighted by atomic mass is 9.94. The Morgan fingerprint density at radius 2 is 0.592 bits per heavy atom. The van der Waals surface area contributed by atoms with Crippen molar-refractivity contribution in [3.8, 4) is 55.6 Å². The van der Waals surface area contributed by atoms with E-state index in [2.05, 4.69) is 217 Å². The third kappa shape index (κ3) is 6.43. The fraction of sp³-hybridized carbons (Fsp3) is 0. The Morgan fingerprint density at radius 3 is 1.12 bits per heavy atom. The van der Waals surface area contributed by atoms with Gasteiger partial charge < -0.3 is 4.90 Å². The maximum atomic E-state index is 2.39. The topological polar surface area (TPSA) is 3.24 Å². The molecule has 0 aromatic heterocycles. The van der Waals surface area contributed by atoms with Crippen LogP contribution in [-0.4, -0.2) is 0 Å². The van der Waals surface area contributed by atoms with Crippen LogP contribution in [0.4, 0.5) is 17.1 Å². The Balaban J connectivity index is 1.27. The first-order valence-corrected chi connectivity index (χ1v) is 16.8. The lowest BCUT2D eigenvalue weighted by Gasteiger charge is -2.29. The zero-order valence-corrected chi connectivity index (χ0v) is 27.2. The SMILES string of the molecule is c1ccc(-c2ccc(-c3ccc(N(c4ccc(-c5ccccc5)cc4)c4cccc(-c5ccccc5)c4)c(-c4ccccc4)c3)cc2)cc1. The zero-order chi connectivity index (χ0) is 32.8. The van der Waals surface area contributed by atoms with Crippen molar-refractivity contribution in [1.82, 2.24) is 0 Å². The fourth-order valence-electron chi connectivity index (χ4n) is 6.56. The molecule has 232 valence electrons. The molecule has 0 aliphatic rings. The Bertz CT molecular complexity index is 2280. The van der Waals surface area contributed by atoms with Gasteiger partial charge >= 0.3 is 0 Å². The van der Waals surface area contributed by atoms with E-state index in [-0.39, 0.29) is 0 Å². The first-order valence-electron chi connectivity index (χ1n) is 16.8. The quantitative estimate of drug-likeness (QED) is 0.162. The van der Waals surface area contributed by atoms with Gasteiger partial charge in [0.2, 0.25) is 0 Å². The number of benzene rings is 8. The van der Waals surface area contributed by atoms with E-state index >= 15 is 0 Å². The standard InChI is InChI=1S/C48H35N/c1-5-14-36(15-6-1)39-24-26-41(27-25-39)44-30-33-48(47(35-44)42-20-11-4-12-21-42)49(45-31-28-40(29-32-45)37-16-7-2-8-17-37)46-23-13-22-43(34-46)38-18-9-3-10-19-38/h1-35H. The van der Waals surface area contributed by atoms with Crippen molar-refractivity contribution >= 4 is 17.1 Å². The van der Waals surface area contributed by atoms with E-state index in [1.807, 2.05) is 0 Å². The molecule has 49 heavy (non-hydrogen) atoms. The van der Waals surface area contributed by atoms with Crippen LogP contribution in [0.3, 0.4) is 0 Å². The van der Waals surface area contributed by atoms with Crippen LogP contribution >= 0.6 is 0 Å². The highest BCUT2D eigenvalue weighted by Gasteiger charge is 2.19. The Labute approximate surface area is 289 Å². The van der Waals surface area contributed by atoms with Crippen molar-refractivity contribution < 1.29 is 0 Å². The van der Waals surface area contributed by atoms with Crippen LogP contribution in [0.15, 0.2) is 212 Å². The van der Waals surface area contributed by atoms with Crippen LogP contribution in [0.2, 0.25) is 0 Å². The molecule has 0 spiro atoms. The molecule has 8 aromatic carbocycles. The summed E-state index contributed by atoms with van der Waals surface area (Å²) in [5.74, 6) is 0. The summed E-state index contributed by atoms with van der Waals surface area (Å²) in [4.78, 5) is 2.39. The Morgan fingerprint density at radius 1 is 0.224 bits per heavy atom. The average molecular weight is 626 g/mol. The predicted octanol–water partition coefficient (Wildman–Crippen LogP) is 13.5. The third-order valence-corrected chi connectivity index (χ3v) is 9.09. The Hall–Kier alpha value is -6.44. The molecule has 0 saturated carbocycles. The summed E-state index contributed by atoms with van der Waals surface area (Å²) in [7, 11) is 0. The smallest absolute Gasteiger partial charge is 0.0540 e. The van der Waals surface area contributed by atoms with Crippen LogP contribution < -0.4 is 4.90 Å². The molecule has 0 amide bonds. The minimum atomic E-state index is 1.10. The molecular formula is C48H35N. The molecule has 1 heteroatoms. The molecule has 0 bridgehead atoms. The monoisotopic (exact) mass is 625 g/mol. The van der Waals surface area contributed by atoms with E-state index in [9.17, 15) is 0 Å². The van der Waals surface area contributed by atoms with Gasteiger partial charge in [0, 0.05) is 16.9 Å². The molecular weight excluding hydrogens is 591 g/mol. The van der Waals surface area contributed by atoms with E-state index < -0.39 is 0 Å². The summed E-state index contributed by atoms with van der Waals surface area (Å²) in [6, 6.07) is 76.0. The number of hydrogen-bond acceptors (Lipinski definition) is 1. The molecule has 0 heterocycles. The minimum absolute atomic E-state index is 1.10. The average Bonchev–Trinajstić information content (AvgIpc) is 3.20. The molecule has 8 aromatic rings. The lowest BCUT2D eigenvalue weighted by molar-refractivity contribution is 1.28. The van der Waals surface area contributed by atoms with Gasteiger partial charge in [-0.1, -0.05) is 176 Å². The van der Waals surface area contributed by atoms with Crippen molar-refractivity contribution in [2.24, 2.45) is 0 Å². The van der Waals surface area contributed by atoms with Crippen molar-refractivity contribution in [3.63, 3.8) is 0 Å². The highest BCUT2D eigenvalue weighted by Crippen LogP contribution is 2.44. The first-order chi connectivity index (χ1) is 24.3. The molecule has 0 aliphatic heterocycles. The highest BCUT2D eigenvalue weighted by molar-refractivity contribution is 5.92. The minimum Gasteiger partial charge on any atom is -0.310 e. The lowest BCUT2D eigenvalue weighted by Crippen LogP contribution is -2.11. The maximum absolute atomic E-state index is 2.39. The van der Waals surface area contributed by atoms with E-state index in [1.54, 1.807) is 0 Å². The first kappa shape index (κ1) is 29.9. The number of nitrogens with zero attached hydrogens (tertiary/aromatic N) is 1. The van der Waals surface area contributed by atoms with Gasteiger partial charge in [-0.3, -0.25) is 0 Å². The predicted molar refractivity (Wildman–Crippen MR) is 208 cm³/mol. The number of anilines is 3. The van der Waals surface area contributed by atoms with Crippen LogP contribution in [-0.2, 0) is 0 Å². The molecule has 0 saturated heterocycles. The summed E-state index contributed by atoms with van der Waals surface area (Å²) in [5, 5.41) is 0. The maximum Gasteiger partial charge on any atom is 0.0540 e. The molecule has 0 aliphatic carbocycles. The summed E-state index contributed by atoms with van der Waals surface area (Å²) in [6.07, 6.45) is 0. The van der Waals surface area contributed by atoms with E-state index in [0.717, 1.165) is 17.1 Å². The van der Waals surface area contributed by atoms with E-state index in [0.29, 0.717) is 0 Å². The molecule has 0 fully saturated rings. The second kappa shape index (κ2) is 13.7. The highest BCUT2D eigenvalue weighted by atomic mass is 15.1. The van der Waals surface area contributed by atoms with Gasteiger partial charge in [0.1, 0.15) is 0 Å². The number of hydrogen-bond donors (Lipinski definition) is 0. The van der Waals surface area contributed by atoms with Gasteiger partial charge in [-0.2, -0.15) is 0 Å². The second-order valence-corrected chi connectivity index (χ2v) is 12.2. The van der Waals surface area contributed by atoms with Crippen LogP contribution in [0.1, 0.15) is 0 Å². The van der Waals surface area contributed by atoms with Gasteiger partial charge in [0.25, 0.3) is 0 Å². The summed E-state index contributed by atoms with van der Waals surface area (Å²) < 4.78 is 0. The normalized spacial score (nSPS) is 10.9. The van der Waals surface area contributed by atoms with Gasteiger partial charge in [0.15, 0.2) is 0 Å². The van der Waals surface area contributed by atoms with Gasteiger partial charge in [-0.15, -0.1) is 0 Å². The molecule has 8 rings (SSSR count). The van der Waals surface area contributed by atoms with Crippen molar-refractivity contribution in [2.75, 3.05) is 4.90 Å². The molecule has 0 N–H and O–H groups in total. The summed E-state index contributed by atoms with van der Waals surface area (Å²) >= 11 is 0. The molecule has 0 radical (unpaired) electrons. The molecule has 0 unspecified atom stereocenters. The summed E-state index contributed by atoms with van der Waals surface area (Å²) in [6.45, 7) is 0. The van der Waals surface area contributed by atoms with Crippen LogP contribution in [0.5, 0.6) is 0 Å². The van der Waals surface area contributed by atoms with E-state index in [1.165, 1.54) is 55.6 Å². The van der Waals surface area contributed by atoms with Crippen molar-refractivity contribution in [3.05, 3.63) is 212 Å². The van der Waals surface area contributed by atoms with Crippen molar-refractivity contribution in [2.45, 2.75) is 0 Å². The van der Waals surface area contributed by atoms with Crippen LogP contribution in [0.25, 0.3) is 55.6 Å².